The topological polar surface area (TPSA) is 62.7 Å². The van der Waals surface area contributed by atoms with Crippen LogP contribution in [0.2, 0.25) is 0 Å². The van der Waals surface area contributed by atoms with Crippen LogP contribution in [-0.2, 0) is 9.53 Å². The molecule has 1 aromatic heterocycles. The fourth-order valence-electron chi connectivity index (χ4n) is 3.59. The van der Waals surface area contributed by atoms with Gasteiger partial charge in [0.25, 0.3) is 0 Å². The van der Waals surface area contributed by atoms with Gasteiger partial charge in [-0.05, 0) is 38.7 Å². The van der Waals surface area contributed by atoms with Gasteiger partial charge in [-0.3, -0.25) is 9.78 Å². The number of hydrogen-bond donors (Lipinski definition) is 0. The van der Waals surface area contributed by atoms with Gasteiger partial charge in [0.15, 0.2) is 0 Å². The van der Waals surface area contributed by atoms with Crippen molar-refractivity contribution in [2.45, 2.75) is 32.6 Å². The van der Waals surface area contributed by atoms with Crippen LogP contribution < -0.4 is 4.90 Å². The second-order valence-electron chi connectivity index (χ2n) is 6.41. The molecule has 24 heavy (non-hydrogen) atoms. The number of anilines is 1. The maximum absolute atomic E-state index is 12.5. The summed E-state index contributed by atoms with van der Waals surface area (Å²) in [7, 11) is 0. The van der Waals surface area contributed by atoms with Crippen LogP contribution in [0.1, 0.15) is 43.0 Å². The van der Waals surface area contributed by atoms with Gasteiger partial charge in [0.05, 0.1) is 12.3 Å². The maximum Gasteiger partial charge on any atom is 0.341 e. The number of ether oxygens (including phenoxy) is 1. The number of pyridine rings is 1. The van der Waals surface area contributed by atoms with Crippen LogP contribution >= 0.6 is 0 Å². The predicted octanol–water partition coefficient (Wildman–Crippen LogP) is 2.10. The Balaban J connectivity index is 1.64. The first-order chi connectivity index (χ1) is 11.7. The molecule has 0 N–H and O–H groups in total. The van der Waals surface area contributed by atoms with E-state index in [9.17, 15) is 9.59 Å². The van der Waals surface area contributed by atoms with Crippen molar-refractivity contribution in [2.24, 2.45) is 5.92 Å². The second kappa shape index (κ2) is 7.64. The Morgan fingerprint density at radius 3 is 2.58 bits per heavy atom. The Bertz CT molecular complexity index is 591. The number of piperidine rings is 1. The Labute approximate surface area is 142 Å². The molecule has 3 rings (SSSR count). The second-order valence-corrected chi connectivity index (χ2v) is 6.41. The van der Waals surface area contributed by atoms with Gasteiger partial charge in [-0.1, -0.05) is 0 Å². The van der Waals surface area contributed by atoms with Crippen molar-refractivity contribution >= 4 is 17.6 Å². The lowest BCUT2D eigenvalue weighted by Crippen LogP contribution is -2.42. The van der Waals surface area contributed by atoms with E-state index in [2.05, 4.69) is 9.88 Å². The van der Waals surface area contributed by atoms with Gasteiger partial charge in [-0.25, -0.2) is 4.79 Å². The molecule has 2 fully saturated rings. The number of amides is 1. The Morgan fingerprint density at radius 2 is 1.92 bits per heavy atom. The molecule has 2 saturated heterocycles. The van der Waals surface area contributed by atoms with E-state index in [4.69, 9.17) is 4.74 Å². The van der Waals surface area contributed by atoms with Crippen LogP contribution in [0.5, 0.6) is 0 Å². The number of nitrogens with zero attached hydrogens (tertiary/aromatic N) is 3. The average molecular weight is 331 g/mol. The molecule has 0 bridgehead atoms. The Hall–Kier alpha value is -2.11. The number of hydrogen-bond acceptors (Lipinski definition) is 5. The van der Waals surface area contributed by atoms with E-state index in [0.29, 0.717) is 18.1 Å². The monoisotopic (exact) mass is 331 g/mol. The van der Waals surface area contributed by atoms with Crippen molar-refractivity contribution in [2.75, 3.05) is 37.7 Å². The highest BCUT2D eigenvalue weighted by Gasteiger charge is 2.31. The average Bonchev–Trinajstić information content (AvgIpc) is 3.16. The summed E-state index contributed by atoms with van der Waals surface area (Å²) in [6.45, 7) is 5.52. The zero-order valence-electron chi connectivity index (χ0n) is 14.2. The molecular formula is C18H25N3O3. The SMILES string of the molecule is CCOC(=O)c1cnccc1N1CCC(C(=O)N2CCCC2)CC1. The maximum atomic E-state index is 12.5. The predicted molar refractivity (Wildman–Crippen MR) is 90.9 cm³/mol. The van der Waals surface area contributed by atoms with Crippen molar-refractivity contribution in [3.8, 4) is 0 Å². The lowest BCUT2D eigenvalue weighted by Gasteiger charge is -2.35. The van der Waals surface area contributed by atoms with Crippen molar-refractivity contribution in [3.05, 3.63) is 24.0 Å². The first-order valence-corrected chi connectivity index (χ1v) is 8.85. The number of esters is 1. The van der Waals surface area contributed by atoms with E-state index in [-0.39, 0.29) is 11.9 Å². The minimum atomic E-state index is -0.337. The summed E-state index contributed by atoms with van der Waals surface area (Å²) in [5, 5.41) is 0. The smallest absolute Gasteiger partial charge is 0.341 e. The Morgan fingerprint density at radius 1 is 1.21 bits per heavy atom. The minimum Gasteiger partial charge on any atom is -0.462 e. The molecule has 6 nitrogen and oxygen atoms in total. The molecule has 1 amide bonds. The summed E-state index contributed by atoms with van der Waals surface area (Å²) in [6, 6.07) is 1.86. The molecule has 1 aromatic rings. The zero-order chi connectivity index (χ0) is 16.9. The standard InChI is InChI=1S/C18H25N3O3/c1-2-24-18(23)15-13-19-8-5-16(15)20-11-6-14(7-12-20)17(22)21-9-3-4-10-21/h5,8,13-14H,2-4,6-7,9-12H2,1H3. The molecule has 130 valence electrons. The van der Waals surface area contributed by atoms with Crippen molar-refractivity contribution in [1.29, 1.82) is 0 Å². The van der Waals surface area contributed by atoms with Gasteiger partial charge in [0, 0.05) is 44.5 Å². The van der Waals surface area contributed by atoms with Crippen molar-refractivity contribution < 1.29 is 14.3 Å². The minimum absolute atomic E-state index is 0.118. The highest BCUT2D eigenvalue weighted by Crippen LogP contribution is 2.28. The molecule has 0 spiro atoms. The summed E-state index contributed by atoms with van der Waals surface area (Å²) >= 11 is 0. The first-order valence-electron chi connectivity index (χ1n) is 8.85. The van der Waals surface area contributed by atoms with Gasteiger partial charge < -0.3 is 14.5 Å². The van der Waals surface area contributed by atoms with Crippen LogP contribution in [0.4, 0.5) is 5.69 Å². The molecule has 3 heterocycles. The molecule has 0 atom stereocenters. The molecule has 0 saturated carbocycles. The Kier molecular flexibility index (Phi) is 5.33. The molecule has 0 radical (unpaired) electrons. The lowest BCUT2D eigenvalue weighted by atomic mass is 9.94. The number of likely N-dealkylation sites (tertiary alicyclic amines) is 1. The third kappa shape index (κ3) is 3.52. The van der Waals surface area contributed by atoms with E-state index >= 15 is 0 Å². The molecule has 0 unspecified atom stereocenters. The van der Waals surface area contributed by atoms with Crippen LogP contribution in [0.15, 0.2) is 18.5 Å². The lowest BCUT2D eigenvalue weighted by molar-refractivity contribution is -0.135. The molecule has 0 aromatic carbocycles. The van der Waals surface area contributed by atoms with Gasteiger partial charge in [-0.2, -0.15) is 0 Å². The van der Waals surface area contributed by atoms with E-state index < -0.39 is 0 Å². The number of rotatable bonds is 4. The molecular weight excluding hydrogens is 306 g/mol. The summed E-state index contributed by atoms with van der Waals surface area (Å²) in [5.41, 5.74) is 1.36. The van der Waals surface area contributed by atoms with E-state index in [1.165, 1.54) is 0 Å². The molecule has 6 heteroatoms. The van der Waals surface area contributed by atoms with E-state index in [0.717, 1.165) is 57.5 Å². The van der Waals surface area contributed by atoms with Crippen LogP contribution in [0.25, 0.3) is 0 Å². The first kappa shape index (κ1) is 16.7. The van der Waals surface area contributed by atoms with Crippen molar-refractivity contribution in [3.63, 3.8) is 0 Å². The van der Waals surface area contributed by atoms with Gasteiger partial charge >= 0.3 is 5.97 Å². The number of carbonyl (C=O) groups excluding carboxylic acids is 2. The largest absolute Gasteiger partial charge is 0.462 e. The fourth-order valence-corrected chi connectivity index (χ4v) is 3.59. The summed E-state index contributed by atoms with van der Waals surface area (Å²) in [4.78, 5) is 32.9. The normalized spacial score (nSPS) is 18.7. The third-order valence-electron chi connectivity index (χ3n) is 4.90. The molecule has 2 aliphatic rings. The van der Waals surface area contributed by atoms with Gasteiger partial charge in [0.1, 0.15) is 5.56 Å². The molecule has 0 aliphatic carbocycles. The van der Waals surface area contributed by atoms with Crippen LogP contribution in [0, 0.1) is 5.92 Å². The van der Waals surface area contributed by atoms with Gasteiger partial charge in [0.2, 0.25) is 5.91 Å². The van der Waals surface area contributed by atoms with E-state index in [1.807, 2.05) is 11.0 Å². The fraction of sp³-hybridized carbons (Fsp3) is 0.611. The molecule has 2 aliphatic heterocycles. The summed E-state index contributed by atoms with van der Waals surface area (Å²) in [6.07, 6.45) is 7.18. The zero-order valence-corrected chi connectivity index (χ0v) is 14.2. The quantitative estimate of drug-likeness (QED) is 0.791. The van der Waals surface area contributed by atoms with Crippen LogP contribution in [-0.4, -0.2) is 54.5 Å². The third-order valence-corrected chi connectivity index (χ3v) is 4.90. The summed E-state index contributed by atoms with van der Waals surface area (Å²) < 4.78 is 5.12. The number of aromatic nitrogens is 1. The van der Waals surface area contributed by atoms with Gasteiger partial charge in [-0.15, -0.1) is 0 Å². The van der Waals surface area contributed by atoms with Crippen molar-refractivity contribution in [1.82, 2.24) is 9.88 Å². The number of carbonyl (C=O) groups is 2. The van der Waals surface area contributed by atoms with E-state index in [1.54, 1.807) is 19.3 Å². The summed E-state index contributed by atoms with van der Waals surface area (Å²) in [5.74, 6) is 0.0931. The van der Waals surface area contributed by atoms with Crippen LogP contribution in [0.3, 0.4) is 0 Å². The highest BCUT2D eigenvalue weighted by atomic mass is 16.5. The highest BCUT2D eigenvalue weighted by molar-refractivity contribution is 5.95.